The minimum atomic E-state index is -4.50. The third-order valence-electron chi connectivity index (χ3n) is 4.90. The molecule has 0 saturated carbocycles. The van der Waals surface area contributed by atoms with Gasteiger partial charge in [-0.15, -0.1) is 0 Å². The molecule has 0 bridgehead atoms. The van der Waals surface area contributed by atoms with Crippen LogP contribution in [0.4, 0.5) is 13.2 Å². The van der Waals surface area contributed by atoms with Crippen LogP contribution in [0.25, 0.3) is 28.1 Å². The summed E-state index contributed by atoms with van der Waals surface area (Å²) in [5.74, 6) is -0.639. The quantitative estimate of drug-likeness (QED) is 0.340. The molecule has 4 aromatic rings. The van der Waals surface area contributed by atoms with Gasteiger partial charge in [0, 0.05) is 5.56 Å². The maximum absolute atomic E-state index is 13.2. The van der Waals surface area contributed by atoms with Crippen molar-refractivity contribution < 1.29 is 22.7 Å². The van der Waals surface area contributed by atoms with Crippen molar-refractivity contribution in [3.63, 3.8) is 0 Å². The molecular weight excluding hydrogens is 417 g/mol. The van der Waals surface area contributed by atoms with Crippen LogP contribution in [0.15, 0.2) is 84.9 Å². The minimum Gasteiger partial charge on any atom is -0.461 e. The molecule has 0 aliphatic rings. The Bertz CT molecular complexity index is 1230. The molecule has 0 radical (unpaired) electrons. The Kier molecular flexibility index (Phi) is 5.81. The average molecular weight is 436 g/mol. The van der Waals surface area contributed by atoms with Crippen molar-refractivity contribution in [2.75, 3.05) is 6.61 Å². The molecule has 4 nitrogen and oxygen atoms in total. The second kappa shape index (κ2) is 8.70. The van der Waals surface area contributed by atoms with E-state index in [1.54, 1.807) is 6.92 Å². The van der Waals surface area contributed by atoms with Gasteiger partial charge < -0.3 is 4.74 Å². The first-order valence-electron chi connectivity index (χ1n) is 9.97. The van der Waals surface area contributed by atoms with Crippen LogP contribution in [-0.4, -0.2) is 22.4 Å². The van der Waals surface area contributed by atoms with E-state index < -0.39 is 17.7 Å². The molecular formula is C25H19F3N2O2. The highest BCUT2D eigenvalue weighted by Crippen LogP contribution is 2.32. The van der Waals surface area contributed by atoms with Gasteiger partial charge in [-0.25, -0.2) is 9.48 Å². The number of halogens is 3. The molecule has 1 aromatic heterocycles. The number of benzene rings is 3. The number of nitrogens with zero attached hydrogens (tertiary/aromatic N) is 2. The van der Waals surface area contributed by atoms with Gasteiger partial charge in [-0.3, -0.25) is 0 Å². The van der Waals surface area contributed by atoms with Gasteiger partial charge in [0.1, 0.15) is 0 Å². The molecule has 0 atom stereocenters. The van der Waals surface area contributed by atoms with E-state index in [9.17, 15) is 18.0 Å². The summed E-state index contributed by atoms with van der Waals surface area (Å²) < 4.78 is 46.1. The summed E-state index contributed by atoms with van der Waals surface area (Å²) in [6.45, 7) is 1.83. The molecule has 0 unspecified atom stereocenters. The summed E-state index contributed by atoms with van der Waals surface area (Å²) in [6.07, 6.45) is -4.50. The van der Waals surface area contributed by atoms with Crippen LogP contribution >= 0.6 is 0 Å². The van der Waals surface area contributed by atoms with Gasteiger partial charge in [0.05, 0.1) is 23.6 Å². The number of ether oxygens (including phenoxy) is 1. The summed E-state index contributed by atoms with van der Waals surface area (Å²) in [4.78, 5) is 12.3. The lowest BCUT2D eigenvalue weighted by atomic mass is 10.0. The molecule has 0 saturated heterocycles. The fourth-order valence-electron chi connectivity index (χ4n) is 3.37. The summed E-state index contributed by atoms with van der Waals surface area (Å²) in [5.41, 5.74) is 2.62. The van der Waals surface area contributed by atoms with Crippen molar-refractivity contribution in [3.8, 4) is 28.1 Å². The predicted octanol–water partition coefficient (Wildman–Crippen LogP) is 6.40. The molecule has 162 valence electrons. The Morgan fingerprint density at radius 2 is 1.53 bits per heavy atom. The second-order valence-electron chi connectivity index (χ2n) is 7.04. The first kappa shape index (κ1) is 21.4. The molecule has 0 fully saturated rings. The summed E-state index contributed by atoms with van der Waals surface area (Å²) in [5, 5.41) is 4.25. The average Bonchev–Trinajstić information content (AvgIpc) is 3.25. The van der Waals surface area contributed by atoms with Gasteiger partial charge in [0.25, 0.3) is 0 Å². The Balaban J connectivity index is 1.80. The maximum Gasteiger partial charge on any atom is 0.416 e. The zero-order chi connectivity index (χ0) is 22.7. The molecule has 4 rings (SSSR count). The summed E-state index contributed by atoms with van der Waals surface area (Å²) >= 11 is 0. The van der Waals surface area contributed by atoms with E-state index in [-0.39, 0.29) is 18.0 Å². The highest BCUT2D eigenvalue weighted by atomic mass is 19.4. The van der Waals surface area contributed by atoms with Crippen molar-refractivity contribution >= 4 is 5.97 Å². The molecule has 0 aliphatic carbocycles. The monoisotopic (exact) mass is 436 g/mol. The third-order valence-corrected chi connectivity index (χ3v) is 4.90. The van der Waals surface area contributed by atoms with E-state index in [4.69, 9.17) is 4.74 Å². The number of carbonyl (C=O) groups excluding carboxylic acids is 1. The normalized spacial score (nSPS) is 11.4. The van der Waals surface area contributed by atoms with Crippen LogP contribution in [0, 0.1) is 0 Å². The summed E-state index contributed by atoms with van der Waals surface area (Å²) in [6, 6.07) is 23.7. The lowest BCUT2D eigenvalue weighted by Crippen LogP contribution is -2.08. The SMILES string of the molecule is CCOC(=O)c1cc(-c2ccc(-c3ccccc3)cc2)n(-c2cccc(C(F)(F)F)c2)n1. The van der Waals surface area contributed by atoms with Crippen molar-refractivity contribution in [3.05, 3.63) is 96.2 Å². The van der Waals surface area contributed by atoms with Crippen molar-refractivity contribution in [1.82, 2.24) is 9.78 Å². The van der Waals surface area contributed by atoms with E-state index in [2.05, 4.69) is 5.10 Å². The van der Waals surface area contributed by atoms with Gasteiger partial charge in [-0.2, -0.15) is 18.3 Å². The lowest BCUT2D eigenvalue weighted by molar-refractivity contribution is -0.137. The van der Waals surface area contributed by atoms with Crippen LogP contribution in [0.5, 0.6) is 0 Å². The number of aromatic nitrogens is 2. The van der Waals surface area contributed by atoms with Gasteiger partial charge >= 0.3 is 12.1 Å². The van der Waals surface area contributed by atoms with Crippen molar-refractivity contribution in [2.45, 2.75) is 13.1 Å². The zero-order valence-corrected chi connectivity index (χ0v) is 17.1. The standard InChI is InChI=1S/C25H19F3N2O2/c1-2-32-24(31)22-16-23(19-13-11-18(12-14-19)17-7-4-3-5-8-17)30(29-22)21-10-6-9-20(15-21)25(26,27)28/h3-16H,2H2,1H3. The minimum absolute atomic E-state index is 0.0198. The van der Waals surface area contributed by atoms with Crippen molar-refractivity contribution in [1.29, 1.82) is 0 Å². The van der Waals surface area contributed by atoms with E-state index in [1.807, 2.05) is 54.6 Å². The predicted molar refractivity (Wildman–Crippen MR) is 115 cm³/mol. The van der Waals surface area contributed by atoms with Crippen LogP contribution < -0.4 is 0 Å². The molecule has 0 spiro atoms. The first-order chi connectivity index (χ1) is 15.4. The van der Waals surface area contributed by atoms with Crippen molar-refractivity contribution in [2.24, 2.45) is 0 Å². The fraction of sp³-hybridized carbons (Fsp3) is 0.120. The molecule has 7 heteroatoms. The Labute approximate surface area is 182 Å². The number of carbonyl (C=O) groups is 1. The number of alkyl halides is 3. The van der Waals surface area contributed by atoms with Gasteiger partial charge in [0.15, 0.2) is 5.69 Å². The van der Waals surface area contributed by atoms with Gasteiger partial charge in [-0.1, -0.05) is 60.7 Å². The molecule has 3 aromatic carbocycles. The second-order valence-corrected chi connectivity index (χ2v) is 7.04. The molecule has 32 heavy (non-hydrogen) atoms. The molecule has 0 aliphatic heterocycles. The summed E-state index contributed by atoms with van der Waals surface area (Å²) in [7, 11) is 0. The first-order valence-corrected chi connectivity index (χ1v) is 9.97. The number of esters is 1. The lowest BCUT2D eigenvalue weighted by Gasteiger charge is -2.11. The zero-order valence-electron chi connectivity index (χ0n) is 17.1. The third kappa shape index (κ3) is 4.42. The van der Waals surface area contributed by atoms with E-state index in [1.165, 1.54) is 22.9 Å². The number of hydrogen-bond donors (Lipinski definition) is 0. The van der Waals surface area contributed by atoms with Crippen LogP contribution in [0.2, 0.25) is 0 Å². The number of rotatable bonds is 5. The molecule has 0 amide bonds. The molecule has 0 N–H and O–H groups in total. The van der Waals surface area contributed by atoms with E-state index >= 15 is 0 Å². The number of hydrogen-bond acceptors (Lipinski definition) is 3. The Hall–Kier alpha value is -3.87. The van der Waals surface area contributed by atoms with Gasteiger partial charge in [-0.05, 0) is 42.3 Å². The van der Waals surface area contributed by atoms with Crippen LogP contribution in [0.3, 0.4) is 0 Å². The van der Waals surface area contributed by atoms with Crippen LogP contribution in [-0.2, 0) is 10.9 Å². The van der Waals surface area contributed by atoms with E-state index in [0.29, 0.717) is 11.3 Å². The highest BCUT2D eigenvalue weighted by Gasteiger charge is 2.31. The van der Waals surface area contributed by atoms with Crippen LogP contribution in [0.1, 0.15) is 23.0 Å². The Morgan fingerprint density at radius 3 is 2.19 bits per heavy atom. The highest BCUT2D eigenvalue weighted by molar-refractivity contribution is 5.89. The largest absolute Gasteiger partial charge is 0.461 e. The maximum atomic E-state index is 13.2. The smallest absolute Gasteiger partial charge is 0.416 e. The molecule has 1 heterocycles. The Morgan fingerprint density at radius 1 is 0.875 bits per heavy atom. The van der Waals surface area contributed by atoms with Gasteiger partial charge in [0.2, 0.25) is 0 Å². The topological polar surface area (TPSA) is 44.1 Å². The fourth-order valence-corrected chi connectivity index (χ4v) is 3.37. The van der Waals surface area contributed by atoms with E-state index in [0.717, 1.165) is 23.3 Å².